The normalized spacial score (nSPS) is 18.1. The topological polar surface area (TPSA) is 164 Å². The minimum absolute atomic E-state index is 0.0850. The Hall–Kier alpha value is -5.12. The molecule has 0 bridgehead atoms. The molecule has 2 aromatic rings. The number of carbonyl (C=O) groups is 4. The van der Waals surface area contributed by atoms with Crippen molar-refractivity contribution in [1.82, 2.24) is 20.6 Å². The van der Waals surface area contributed by atoms with E-state index in [9.17, 15) is 29.4 Å². The third-order valence-electron chi connectivity index (χ3n) is 8.73. The molecule has 2 aliphatic heterocycles. The maximum atomic E-state index is 12.4. The molecule has 0 aromatic carbocycles. The second-order valence-corrected chi connectivity index (χ2v) is 11.8. The molecule has 45 heavy (non-hydrogen) atoms. The van der Waals surface area contributed by atoms with E-state index in [0.717, 1.165) is 56.2 Å². The van der Waals surface area contributed by atoms with Gasteiger partial charge in [-0.25, -0.2) is 0 Å². The zero-order valence-electron chi connectivity index (χ0n) is 26.5. The number of H-pyrrole nitrogens is 2. The molecule has 10 nitrogen and oxygen atoms in total. The predicted octanol–water partition coefficient (Wildman–Crippen LogP) is 5.65. The average molecular weight is 613 g/mol. The molecule has 4 rings (SSSR count). The molecule has 0 saturated carbocycles. The number of aromatic amines is 2. The van der Waals surface area contributed by atoms with Gasteiger partial charge in [-0.1, -0.05) is 39.2 Å². The number of carboxylic acid groups (broad SMARTS) is 2. The highest BCUT2D eigenvalue weighted by Crippen LogP contribution is 2.36. The summed E-state index contributed by atoms with van der Waals surface area (Å²) >= 11 is 0. The highest BCUT2D eigenvalue weighted by molar-refractivity contribution is 6.04. The third kappa shape index (κ3) is 6.40. The van der Waals surface area contributed by atoms with Gasteiger partial charge in [0.15, 0.2) is 0 Å². The molecule has 2 aliphatic rings. The first kappa shape index (κ1) is 32.8. The zero-order valence-corrected chi connectivity index (χ0v) is 26.5. The highest BCUT2D eigenvalue weighted by Gasteiger charge is 2.28. The summed E-state index contributed by atoms with van der Waals surface area (Å²) in [5, 5.41) is 25.0. The lowest BCUT2D eigenvalue weighted by molar-refractivity contribution is -0.138. The van der Waals surface area contributed by atoms with E-state index in [-0.39, 0.29) is 36.5 Å². The van der Waals surface area contributed by atoms with E-state index < -0.39 is 11.9 Å². The van der Waals surface area contributed by atoms with Crippen LogP contribution in [0.1, 0.15) is 97.4 Å². The second kappa shape index (κ2) is 12.9. The van der Waals surface area contributed by atoms with Crippen LogP contribution in [0, 0.1) is 13.8 Å². The summed E-state index contributed by atoms with van der Waals surface area (Å²) in [4.78, 5) is 55.3. The lowest BCUT2D eigenvalue weighted by Crippen LogP contribution is -2.15. The monoisotopic (exact) mass is 612 g/mol. The van der Waals surface area contributed by atoms with E-state index in [1.807, 2.05) is 53.7 Å². The van der Waals surface area contributed by atoms with E-state index in [0.29, 0.717) is 29.0 Å². The number of nitrogens with one attached hydrogen (secondary N) is 4. The average Bonchev–Trinajstić information content (AvgIpc) is 3.60. The Bertz CT molecular complexity index is 1650. The van der Waals surface area contributed by atoms with Gasteiger partial charge < -0.3 is 30.8 Å². The molecule has 0 radical (unpaired) electrons. The first-order valence-corrected chi connectivity index (χ1v) is 14.8. The van der Waals surface area contributed by atoms with Crippen molar-refractivity contribution in [2.45, 2.75) is 72.6 Å². The highest BCUT2D eigenvalue weighted by atomic mass is 16.4. The van der Waals surface area contributed by atoms with Crippen LogP contribution in [0.2, 0.25) is 0 Å². The Kier molecular flexibility index (Phi) is 9.37. The van der Waals surface area contributed by atoms with Crippen molar-refractivity contribution in [2.24, 2.45) is 0 Å². The summed E-state index contributed by atoms with van der Waals surface area (Å²) in [6.07, 6.45) is 6.90. The summed E-state index contributed by atoms with van der Waals surface area (Å²) in [5.41, 5.74) is 10.2. The van der Waals surface area contributed by atoms with Crippen molar-refractivity contribution in [2.75, 3.05) is 0 Å². The largest absolute Gasteiger partial charge is 0.481 e. The fourth-order valence-electron chi connectivity index (χ4n) is 6.46. The Labute approximate surface area is 262 Å². The number of rotatable bonds is 12. The van der Waals surface area contributed by atoms with Gasteiger partial charge >= 0.3 is 11.9 Å². The van der Waals surface area contributed by atoms with Crippen LogP contribution in [0.3, 0.4) is 0 Å². The molecule has 0 fully saturated rings. The molecule has 4 heterocycles. The van der Waals surface area contributed by atoms with Crippen molar-refractivity contribution in [1.29, 1.82) is 0 Å². The maximum Gasteiger partial charge on any atom is 0.303 e. The summed E-state index contributed by atoms with van der Waals surface area (Å²) in [5.74, 6) is -2.99. The first-order chi connectivity index (χ1) is 21.2. The minimum atomic E-state index is -0.923. The second-order valence-electron chi connectivity index (χ2n) is 11.8. The SMILES string of the molecule is C=CC1=C(C)/C(=C/c2[nH]c(Cc3[nH]c(/C=C4\NC(=O)C(C=C)=C4C)c(C)c3[C@H](C)CC(=O)O)c([C@H](C)CC(=O)O)c2C)NC1=O. The molecule has 0 spiro atoms. The fraction of sp³-hybridized carbons (Fsp3) is 0.314. The fourth-order valence-corrected chi connectivity index (χ4v) is 6.46. The van der Waals surface area contributed by atoms with Gasteiger partial charge in [-0.05, 0) is 85.1 Å². The van der Waals surface area contributed by atoms with Crippen LogP contribution in [0.15, 0.2) is 59.0 Å². The number of aliphatic carboxylic acids is 2. The van der Waals surface area contributed by atoms with Gasteiger partial charge in [-0.3, -0.25) is 19.2 Å². The van der Waals surface area contributed by atoms with Crippen LogP contribution >= 0.6 is 0 Å². The predicted molar refractivity (Wildman–Crippen MR) is 173 cm³/mol. The van der Waals surface area contributed by atoms with E-state index in [1.165, 1.54) is 12.2 Å². The van der Waals surface area contributed by atoms with Crippen molar-refractivity contribution in [3.8, 4) is 0 Å². The number of carbonyl (C=O) groups excluding carboxylic acids is 2. The van der Waals surface area contributed by atoms with Crippen molar-refractivity contribution in [3.63, 3.8) is 0 Å². The van der Waals surface area contributed by atoms with Gasteiger partial charge in [-0.15, -0.1) is 0 Å². The molecule has 0 aliphatic carbocycles. The van der Waals surface area contributed by atoms with Crippen molar-refractivity contribution < 1.29 is 29.4 Å². The molecule has 10 heteroatoms. The number of carboxylic acids is 2. The Morgan fingerprint density at radius 2 is 1.07 bits per heavy atom. The van der Waals surface area contributed by atoms with Crippen LogP contribution in [-0.2, 0) is 25.6 Å². The molecule has 6 N–H and O–H groups in total. The van der Waals surface area contributed by atoms with Gasteiger partial charge in [0.2, 0.25) is 0 Å². The lowest BCUT2D eigenvalue weighted by Gasteiger charge is -2.15. The van der Waals surface area contributed by atoms with E-state index in [4.69, 9.17) is 0 Å². The van der Waals surface area contributed by atoms with Crippen LogP contribution in [0.5, 0.6) is 0 Å². The third-order valence-corrected chi connectivity index (χ3v) is 8.73. The summed E-state index contributed by atoms with van der Waals surface area (Å²) < 4.78 is 0. The molecular weight excluding hydrogens is 572 g/mol. The first-order valence-electron chi connectivity index (χ1n) is 14.8. The number of aromatic nitrogens is 2. The quantitative estimate of drug-likeness (QED) is 0.181. The molecule has 0 saturated heterocycles. The van der Waals surface area contributed by atoms with Crippen LogP contribution in [0.4, 0.5) is 0 Å². The number of hydrogen-bond donors (Lipinski definition) is 6. The molecule has 2 aromatic heterocycles. The van der Waals surface area contributed by atoms with E-state index in [1.54, 1.807) is 0 Å². The molecule has 2 amide bonds. The number of hydrogen-bond acceptors (Lipinski definition) is 4. The summed E-state index contributed by atoms with van der Waals surface area (Å²) in [7, 11) is 0. The summed E-state index contributed by atoms with van der Waals surface area (Å²) in [6, 6.07) is 0. The van der Waals surface area contributed by atoms with Crippen LogP contribution < -0.4 is 10.6 Å². The minimum Gasteiger partial charge on any atom is -0.481 e. The molecule has 236 valence electrons. The zero-order chi connectivity index (χ0) is 33.3. The summed E-state index contributed by atoms with van der Waals surface area (Å²) in [6.45, 7) is 18.7. The van der Waals surface area contributed by atoms with Crippen molar-refractivity contribution >= 4 is 35.9 Å². The van der Waals surface area contributed by atoms with Gasteiger partial charge in [0.05, 0.1) is 12.8 Å². The Morgan fingerprint density at radius 1 is 0.711 bits per heavy atom. The number of amides is 2. The molecule has 0 unspecified atom stereocenters. The standard InChI is InChI=1S/C35H40N4O6/c1-9-22-18(5)24(38-34(22)44)13-26-20(7)32(16(3)11-30(40)41)28(36-26)15-29-33(17(4)12-31(42)43)21(8)27(37-29)14-25-19(6)23(10-2)35(45)39-25/h9-10,13-14,16-17,36-37H,1-2,11-12,15H2,3-8H3,(H,38,44)(H,39,45)(H,40,41)(H,42,43)/b24-13-,25-14-/t16-,17-/m1/s1. The van der Waals surface area contributed by atoms with Crippen LogP contribution in [-0.4, -0.2) is 43.9 Å². The Morgan fingerprint density at radius 3 is 1.36 bits per heavy atom. The van der Waals surface area contributed by atoms with Gasteiger partial charge in [0, 0.05) is 51.7 Å². The van der Waals surface area contributed by atoms with E-state index >= 15 is 0 Å². The Balaban J connectivity index is 1.87. The van der Waals surface area contributed by atoms with Gasteiger partial charge in [0.1, 0.15) is 0 Å². The smallest absolute Gasteiger partial charge is 0.303 e. The van der Waals surface area contributed by atoms with Gasteiger partial charge in [-0.2, -0.15) is 0 Å². The molecule has 2 atom stereocenters. The maximum absolute atomic E-state index is 12.4. The van der Waals surface area contributed by atoms with E-state index in [2.05, 4.69) is 33.8 Å². The van der Waals surface area contributed by atoms with Crippen molar-refractivity contribution in [3.05, 3.63) is 104 Å². The number of allylic oxidation sites excluding steroid dienone is 2. The van der Waals surface area contributed by atoms with Gasteiger partial charge in [0.25, 0.3) is 11.8 Å². The van der Waals surface area contributed by atoms with Crippen LogP contribution in [0.25, 0.3) is 12.2 Å². The molecular formula is C35H40N4O6. The lowest BCUT2D eigenvalue weighted by atomic mass is 9.89.